The van der Waals surface area contributed by atoms with Gasteiger partial charge < -0.3 is 15.3 Å². The first-order valence-electron chi connectivity index (χ1n) is 6.40. The van der Waals surface area contributed by atoms with Crippen LogP contribution in [0.1, 0.15) is 39.0 Å². The number of likely N-dealkylation sites (tertiary alicyclic amines) is 1. The zero-order valence-electron chi connectivity index (χ0n) is 10.2. The second-order valence-electron chi connectivity index (χ2n) is 4.46. The lowest BCUT2D eigenvalue weighted by atomic mass is 10.1. The minimum atomic E-state index is -0.287. The SMILES string of the molecule is CCC(O)CNCCC(=O)N1CCCCC1. The smallest absolute Gasteiger partial charge is 0.223 e. The van der Waals surface area contributed by atoms with Gasteiger partial charge in [0.2, 0.25) is 5.91 Å². The molecule has 4 nitrogen and oxygen atoms in total. The lowest BCUT2D eigenvalue weighted by molar-refractivity contribution is -0.132. The number of piperidine rings is 1. The molecule has 0 aromatic carbocycles. The molecular weight excluding hydrogens is 204 g/mol. The van der Waals surface area contributed by atoms with E-state index in [4.69, 9.17) is 0 Å². The highest BCUT2D eigenvalue weighted by molar-refractivity contribution is 5.76. The van der Waals surface area contributed by atoms with Gasteiger partial charge in [0.1, 0.15) is 0 Å². The molecule has 1 saturated heterocycles. The van der Waals surface area contributed by atoms with E-state index in [1.54, 1.807) is 0 Å². The topological polar surface area (TPSA) is 52.6 Å². The van der Waals surface area contributed by atoms with Crippen LogP contribution in [0.5, 0.6) is 0 Å². The van der Waals surface area contributed by atoms with E-state index < -0.39 is 0 Å². The van der Waals surface area contributed by atoms with Gasteiger partial charge >= 0.3 is 0 Å². The molecule has 0 bridgehead atoms. The molecule has 4 heteroatoms. The van der Waals surface area contributed by atoms with E-state index in [0.29, 0.717) is 19.5 Å². The summed E-state index contributed by atoms with van der Waals surface area (Å²) in [6.07, 6.45) is 4.57. The standard InChI is InChI=1S/C12H24N2O2/c1-2-11(15)10-13-7-6-12(16)14-8-4-3-5-9-14/h11,13,15H,2-10H2,1H3. The molecule has 1 heterocycles. The molecule has 16 heavy (non-hydrogen) atoms. The summed E-state index contributed by atoms with van der Waals surface area (Å²) >= 11 is 0. The molecule has 0 radical (unpaired) electrons. The van der Waals surface area contributed by atoms with Crippen LogP contribution in [0.15, 0.2) is 0 Å². The molecule has 1 amide bonds. The summed E-state index contributed by atoms with van der Waals surface area (Å²) < 4.78 is 0. The number of nitrogens with zero attached hydrogens (tertiary/aromatic N) is 1. The van der Waals surface area contributed by atoms with E-state index in [1.807, 2.05) is 11.8 Å². The highest BCUT2D eigenvalue weighted by Gasteiger charge is 2.15. The van der Waals surface area contributed by atoms with Gasteiger partial charge in [-0.15, -0.1) is 0 Å². The van der Waals surface area contributed by atoms with Gasteiger partial charge in [-0.1, -0.05) is 6.92 Å². The van der Waals surface area contributed by atoms with Crippen molar-refractivity contribution in [2.45, 2.75) is 45.1 Å². The van der Waals surface area contributed by atoms with Crippen molar-refractivity contribution < 1.29 is 9.90 Å². The first-order chi connectivity index (χ1) is 7.74. The molecule has 1 atom stereocenters. The first kappa shape index (κ1) is 13.5. The average molecular weight is 228 g/mol. The van der Waals surface area contributed by atoms with Gasteiger partial charge in [-0.2, -0.15) is 0 Å². The number of aliphatic hydroxyl groups excluding tert-OH is 1. The quantitative estimate of drug-likeness (QED) is 0.660. The van der Waals surface area contributed by atoms with Crippen molar-refractivity contribution in [2.24, 2.45) is 0 Å². The number of aliphatic hydroxyl groups is 1. The Morgan fingerprint density at radius 1 is 1.38 bits per heavy atom. The van der Waals surface area contributed by atoms with E-state index in [9.17, 15) is 9.90 Å². The van der Waals surface area contributed by atoms with Crippen LogP contribution < -0.4 is 5.32 Å². The predicted octanol–water partition coefficient (Wildman–Crippen LogP) is 0.749. The van der Waals surface area contributed by atoms with E-state index >= 15 is 0 Å². The van der Waals surface area contributed by atoms with Crippen LogP contribution in [-0.4, -0.2) is 48.2 Å². The minimum Gasteiger partial charge on any atom is -0.392 e. The van der Waals surface area contributed by atoms with E-state index in [0.717, 1.165) is 32.4 Å². The molecule has 0 aromatic rings. The number of amides is 1. The van der Waals surface area contributed by atoms with Gasteiger partial charge in [0, 0.05) is 32.6 Å². The Morgan fingerprint density at radius 2 is 2.06 bits per heavy atom. The van der Waals surface area contributed by atoms with Crippen LogP contribution in [0.25, 0.3) is 0 Å². The van der Waals surface area contributed by atoms with E-state index in [2.05, 4.69) is 5.32 Å². The van der Waals surface area contributed by atoms with Gasteiger partial charge in [-0.05, 0) is 25.7 Å². The summed E-state index contributed by atoms with van der Waals surface area (Å²) in [5.74, 6) is 0.248. The molecule has 1 aliphatic rings. The maximum atomic E-state index is 11.7. The van der Waals surface area contributed by atoms with Crippen molar-refractivity contribution in [1.82, 2.24) is 10.2 Å². The zero-order chi connectivity index (χ0) is 11.8. The Kier molecular flexibility index (Phi) is 6.42. The van der Waals surface area contributed by atoms with Crippen LogP contribution in [0.2, 0.25) is 0 Å². The minimum absolute atomic E-state index is 0.248. The van der Waals surface area contributed by atoms with Gasteiger partial charge in [0.15, 0.2) is 0 Å². The molecule has 0 saturated carbocycles. The molecule has 1 rings (SSSR count). The fourth-order valence-electron chi connectivity index (χ4n) is 1.91. The van der Waals surface area contributed by atoms with Gasteiger partial charge in [-0.3, -0.25) is 4.79 Å². The largest absolute Gasteiger partial charge is 0.392 e. The molecule has 1 unspecified atom stereocenters. The number of nitrogens with one attached hydrogen (secondary N) is 1. The Bertz CT molecular complexity index is 203. The zero-order valence-corrected chi connectivity index (χ0v) is 10.2. The van der Waals surface area contributed by atoms with Crippen LogP contribution in [-0.2, 0) is 4.79 Å². The highest BCUT2D eigenvalue weighted by atomic mass is 16.3. The highest BCUT2D eigenvalue weighted by Crippen LogP contribution is 2.09. The van der Waals surface area contributed by atoms with E-state index in [1.165, 1.54) is 6.42 Å². The van der Waals surface area contributed by atoms with Crippen LogP contribution in [0, 0.1) is 0 Å². The molecule has 0 aliphatic carbocycles. The lowest BCUT2D eigenvalue weighted by Crippen LogP contribution is -2.37. The summed E-state index contributed by atoms with van der Waals surface area (Å²) in [6, 6.07) is 0. The van der Waals surface area contributed by atoms with Crippen molar-refractivity contribution in [2.75, 3.05) is 26.2 Å². The van der Waals surface area contributed by atoms with Crippen molar-refractivity contribution in [3.8, 4) is 0 Å². The van der Waals surface area contributed by atoms with E-state index in [-0.39, 0.29) is 12.0 Å². The fourth-order valence-corrected chi connectivity index (χ4v) is 1.91. The summed E-state index contributed by atoms with van der Waals surface area (Å²) in [7, 11) is 0. The second kappa shape index (κ2) is 7.63. The average Bonchev–Trinajstić information content (AvgIpc) is 2.35. The van der Waals surface area contributed by atoms with Crippen molar-refractivity contribution in [3.05, 3.63) is 0 Å². The summed E-state index contributed by atoms with van der Waals surface area (Å²) in [4.78, 5) is 13.7. The molecule has 1 fully saturated rings. The Labute approximate surface area is 98.0 Å². The number of rotatable bonds is 6. The third kappa shape index (κ3) is 4.94. The van der Waals surface area contributed by atoms with Crippen LogP contribution in [0.4, 0.5) is 0 Å². The third-order valence-corrected chi connectivity index (χ3v) is 3.08. The number of carbonyl (C=O) groups excluding carboxylic acids is 1. The maximum absolute atomic E-state index is 11.7. The Morgan fingerprint density at radius 3 is 2.69 bits per heavy atom. The molecular formula is C12H24N2O2. The predicted molar refractivity (Wildman–Crippen MR) is 64.2 cm³/mol. The Hall–Kier alpha value is -0.610. The number of carbonyl (C=O) groups is 1. The second-order valence-corrected chi connectivity index (χ2v) is 4.46. The van der Waals surface area contributed by atoms with Gasteiger partial charge in [0.25, 0.3) is 0 Å². The number of hydrogen-bond acceptors (Lipinski definition) is 3. The fraction of sp³-hybridized carbons (Fsp3) is 0.917. The molecule has 2 N–H and O–H groups in total. The molecule has 1 aliphatic heterocycles. The third-order valence-electron chi connectivity index (χ3n) is 3.08. The molecule has 0 spiro atoms. The molecule has 94 valence electrons. The van der Waals surface area contributed by atoms with Crippen molar-refractivity contribution >= 4 is 5.91 Å². The van der Waals surface area contributed by atoms with Gasteiger partial charge in [0.05, 0.1) is 6.10 Å². The maximum Gasteiger partial charge on any atom is 0.223 e. The summed E-state index contributed by atoms with van der Waals surface area (Å²) in [6.45, 7) is 5.06. The van der Waals surface area contributed by atoms with Crippen molar-refractivity contribution in [1.29, 1.82) is 0 Å². The normalized spacial score (nSPS) is 18.5. The van der Waals surface area contributed by atoms with Crippen molar-refractivity contribution in [3.63, 3.8) is 0 Å². The van der Waals surface area contributed by atoms with Gasteiger partial charge in [-0.25, -0.2) is 0 Å². The van der Waals surface area contributed by atoms with Crippen LogP contribution >= 0.6 is 0 Å². The first-order valence-corrected chi connectivity index (χ1v) is 6.40. The Balaban J connectivity index is 2.05. The van der Waals surface area contributed by atoms with Crippen LogP contribution in [0.3, 0.4) is 0 Å². The summed E-state index contributed by atoms with van der Waals surface area (Å²) in [5.41, 5.74) is 0. The lowest BCUT2D eigenvalue weighted by Gasteiger charge is -2.26. The monoisotopic (exact) mass is 228 g/mol. The summed E-state index contributed by atoms with van der Waals surface area (Å²) in [5, 5.41) is 12.4. The number of hydrogen-bond donors (Lipinski definition) is 2. The molecule has 0 aromatic heterocycles.